The second-order valence-corrected chi connectivity index (χ2v) is 5.84. The first-order valence-corrected chi connectivity index (χ1v) is 7.66. The van der Waals surface area contributed by atoms with Gasteiger partial charge in [0, 0.05) is 42.3 Å². The van der Waals surface area contributed by atoms with Crippen molar-refractivity contribution in [3.8, 4) is 5.75 Å². The van der Waals surface area contributed by atoms with Crippen LogP contribution in [0.15, 0.2) is 16.6 Å². The molecule has 4 nitrogen and oxygen atoms in total. The van der Waals surface area contributed by atoms with Gasteiger partial charge in [-0.15, -0.1) is 0 Å². The molecule has 1 atom stereocenters. The molecule has 0 radical (unpaired) electrons. The number of nitrogens with zero attached hydrogens (tertiary/aromatic N) is 1. The Kier molecular flexibility index (Phi) is 5.07. The molecule has 2 rings (SSSR count). The minimum absolute atomic E-state index is 0.227. The van der Waals surface area contributed by atoms with Crippen LogP contribution in [0.1, 0.15) is 31.4 Å². The summed E-state index contributed by atoms with van der Waals surface area (Å²) in [4.78, 5) is 2.43. The monoisotopic (exact) mass is 327 g/mol. The quantitative estimate of drug-likeness (QED) is 0.587. The van der Waals surface area contributed by atoms with Gasteiger partial charge < -0.3 is 16.2 Å². The van der Waals surface area contributed by atoms with Crippen LogP contribution in [0.3, 0.4) is 0 Å². The molecule has 19 heavy (non-hydrogen) atoms. The van der Waals surface area contributed by atoms with Crippen LogP contribution in [0, 0.1) is 0 Å². The number of piperazine rings is 1. The molecule has 0 unspecified atom stereocenters. The Morgan fingerprint density at radius 3 is 2.74 bits per heavy atom. The Morgan fingerprint density at radius 1 is 1.42 bits per heavy atom. The third kappa shape index (κ3) is 3.22. The molecule has 1 aliphatic rings. The number of phenolic OH excluding ortho intramolecular Hbond substituents is 1. The van der Waals surface area contributed by atoms with E-state index in [0.717, 1.165) is 49.1 Å². The maximum absolute atomic E-state index is 10.3. The molecule has 1 saturated heterocycles. The first kappa shape index (κ1) is 14.6. The first-order valence-electron chi connectivity index (χ1n) is 6.86. The van der Waals surface area contributed by atoms with Crippen LogP contribution in [-0.4, -0.2) is 36.2 Å². The van der Waals surface area contributed by atoms with Crippen molar-refractivity contribution in [2.75, 3.05) is 31.9 Å². The fourth-order valence-corrected chi connectivity index (χ4v) is 3.28. The van der Waals surface area contributed by atoms with Crippen molar-refractivity contribution in [2.45, 2.75) is 25.8 Å². The second-order valence-electron chi connectivity index (χ2n) is 4.99. The van der Waals surface area contributed by atoms with Crippen LogP contribution in [0.4, 0.5) is 5.69 Å². The molecule has 106 valence electrons. The number of nitrogens with one attached hydrogen (secondary N) is 1. The number of rotatable bonds is 4. The van der Waals surface area contributed by atoms with Gasteiger partial charge in [0.15, 0.2) is 0 Å². The highest BCUT2D eigenvalue weighted by Gasteiger charge is 2.26. The van der Waals surface area contributed by atoms with Crippen molar-refractivity contribution in [1.82, 2.24) is 10.2 Å². The lowest BCUT2D eigenvalue weighted by Crippen LogP contribution is -2.45. The highest BCUT2D eigenvalue weighted by molar-refractivity contribution is 9.10. The van der Waals surface area contributed by atoms with Crippen LogP contribution in [0.5, 0.6) is 5.75 Å². The highest BCUT2D eigenvalue weighted by atomic mass is 79.9. The zero-order valence-electron chi connectivity index (χ0n) is 11.3. The molecule has 0 aromatic heterocycles. The molecule has 0 spiro atoms. The minimum Gasteiger partial charge on any atom is -0.505 e. The van der Waals surface area contributed by atoms with E-state index in [2.05, 4.69) is 33.1 Å². The number of benzene rings is 1. The van der Waals surface area contributed by atoms with Gasteiger partial charge in [0.1, 0.15) is 5.75 Å². The largest absolute Gasteiger partial charge is 0.505 e. The van der Waals surface area contributed by atoms with Crippen molar-refractivity contribution < 1.29 is 5.11 Å². The van der Waals surface area contributed by atoms with Crippen molar-refractivity contribution in [3.63, 3.8) is 0 Å². The van der Waals surface area contributed by atoms with Gasteiger partial charge in [0.05, 0.1) is 5.69 Å². The number of hydrogen-bond acceptors (Lipinski definition) is 4. The van der Waals surface area contributed by atoms with Crippen LogP contribution in [-0.2, 0) is 0 Å². The van der Waals surface area contributed by atoms with E-state index in [-0.39, 0.29) is 11.8 Å². The second kappa shape index (κ2) is 6.59. The minimum atomic E-state index is 0.227. The molecular formula is C14H22BrN3O. The Labute approximate surface area is 123 Å². The van der Waals surface area contributed by atoms with E-state index in [9.17, 15) is 5.11 Å². The first-order chi connectivity index (χ1) is 9.15. The van der Waals surface area contributed by atoms with Crippen molar-refractivity contribution >= 4 is 21.6 Å². The molecule has 1 aromatic rings. The third-order valence-electron chi connectivity index (χ3n) is 3.68. The van der Waals surface area contributed by atoms with Gasteiger partial charge in [-0.05, 0) is 18.6 Å². The van der Waals surface area contributed by atoms with E-state index in [4.69, 9.17) is 5.73 Å². The summed E-state index contributed by atoms with van der Waals surface area (Å²) < 4.78 is 0.941. The van der Waals surface area contributed by atoms with E-state index in [1.54, 1.807) is 6.07 Å². The molecule has 4 N–H and O–H groups in total. The average molecular weight is 328 g/mol. The van der Waals surface area contributed by atoms with Gasteiger partial charge in [-0.25, -0.2) is 0 Å². The van der Waals surface area contributed by atoms with Crippen molar-refractivity contribution in [3.05, 3.63) is 22.2 Å². The molecule has 0 saturated carbocycles. The Bertz CT molecular complexity index is 433. The van der Waals surface area contributed by atoms with Crippen LogP contribution >= 0.6 is 15.9 Å². The Balaban J connectivity index is 2.35. The van der Waals surface area contributed by atoms with Gasteiger partial charge in [0.25, 0.3) is 0 Å². The standard InChI is InChI=1S/C14H22BrN3O/c1-2-3-12(18-8-6-17-7-9-18)13-10(15)4-5-11(16)14(13)19/h4-5,12,17,19H,2-3,6-9,16H2,1H3/t12-/m1/s1. The summed E-state index contributed by atoms with van der Waals surface area (Å²) in [5, 5.41) is 13.7. The van der Waals surface area contributed by atoms with Gasteiger partial charge in [-0.3, -0.25) is 4.90 Å². The van der Waals surface area contributed by atoms with Gasteiger partial charge >= 0.3 is 0 Å². The summed E-state index contributed by atoms with van der Waals surface area (Å²) in [6.45, 7) is 6.19. The summed E-state index contributed by atoms with van der Waals surface area (Å²) in [7, 11) is 0. The fourth-order valence-electron chi connectivity index (χ4n) is 2.69. The molecule has 0 amide bonds. The number of halogens is 1. The molecular weight excluding hydrogens is 306 g/mol. The van der Waals surface area contributed by atoms with Gasteiger partial charge in [-0.1, -0.05) is 29.3 Å². The lowest BCUT2D eigenvalue weighted by Gasteiger charge is -2.36. The number of phenols is 1. The zero-order valence-corrected chi connectivity index (χ0v) is 12.9. The lowest BCUT2D eigenvalue weighted by atomic mass is 9.98. The number of nitrogens with two attached hydrogens (primary N) is 1. The SMILES string of the molecule is CCC[C@H](c1c(Br)ccc(N)c1O)N1CCNCC1. The normalized spacial score (nSPS) is 18.4. The molecule has 0 aliphatic carbocycles. The zero-order chi connectivity index (χ0) is 13.8. The summed E-state index contributed by atoms with van der Waals surface area (Å²) >= 11 is 3.56. The molecule has 5 heteroatoms. The van der Waals surface area contributed by atoms with E-state index in [1.165, 1.54) is 0 Å². The predicted octanol–water partition coefficient (Wildman–Crippen LogP) is 2.48. The molecule has 1 heterocycles. The van der Waals surface area contributed by atoms with E-state index >= 15 is 0 Å². The number of anilines is 1. The Morgan fingerprint density at radius 2 is 2.11 bits per heavy atom. The van der Waals surface area contributed by atoms with Crippen LogP contribution < -0.4 is 11.1 Å². The summed E-state index contributed by atoms with van der Waals surface area (Å²) in [6.07, 6.45) is 2.10. The molecule has 0 bridgehead atoms. The van der Waals surface area contributed by atoms with Crippen molar-refractivity contribution in [1.29, 1.82) is 0 Å². The predicted molar refractivity (Wildman–Crippen MR) is 82.3 cm³/mol. The average Bonchev–Trinajstić information content (AvgIpc) is 2.43. The third-order valence-corrected chi connectivity index (χ3v) is 4.37. The number of nitrogen functional groups attached to an aromatic ring is 1. The maximum atomic E-state index is 10.3. The van der Waals surface area contributed by atoms with E-state index in [1.807, 2.05) is 6.07 Å². The lowest BCUT2D eigenvalue weighted by molar-refractivity contribution is 0.161. The maximum Gasteiger partial charge on any atom is 0.144 e. The topological polar surface area (TPSA) is 61.5 Å². The molecule has 1 aliphatic heterocycles. The summed E-state index contributed by atoms with van der Waals surface area (Å²) in [5.41, 5.74) is 7.24. The Hall–Kier alpha value is -0.780. The van der Waals surface area contributed by atoms with E-state index in [0.29, 0.717) is 5.69 Å². The van der Waals surface area contributed by atoms with E-state index < -0.39 is 0 Å². The smallest absolute Gasteiger partial charge is 0.144 e. The van der Waals surface area contributed by atoms with Crippen LogP contribution in [0.2, 0.25) is 0 Å². The van der Waals surface area contributed by atoms with Crippen molar-refractivity contribution in [2.24, 2.45) is 0 Å². The molecule has 1 aromatic carbocycles. The van der Waals surface area contributed by atoms with Gasteiger partial charge in [0.2, 0.25) is 0 Å². The summed E-state index contributed by atoms with van der Waals surface area (Å²) in [6, 6.07) is 3.89. The summed E-state index contributed by atoms with van der Waals surface area (Å²) in [5.74, 6) is 0.228. The number of aromatic hydroxyl groups is 1. The highest BCUT2D eigenvalue weighted by Crippen LogP contribution is 2.40. The molecule has 1 fully saturated rings. The van der Waals surface area contributed by atoms with Crippen LogP contribution in [0.25, 0.3) is 0 Å². The van der Waals surface area contributed by atoms with Gasteiger partial charge in [-0.2, -0.15) is 0 Å². The number of hydrogen-bond donors (Lipinski definition) is 3. The fraction of sp³-hybridized carbons (Fsp3) is 0.571.